The van der Waals surface area contributed by atoms with E-state index >= 15 is 0 Å². The first kappa shape index (κ1) is 17.0. The standard InChI is InChI=1S/C11H14F2N5O5P/c12-11(13)2-5(23-4-24(20,21)22)1-6(11)18-3-15-7-8(18)16-10(14)17-9(7)19/h3,5-6H,1-2,4H2,(H2,20,21,22)(H3,14,16,17,19)/t5-,6+/m0/s1. The molecule has 0 aliphatic heterocycles. The maximum Gasteiger partial charge on any atom is 0.350 e. The van der Waals surface area contributed by atoms with E-state index in [1.54, 1.807) is 0 Å². The molecule has 1 fully saturated rings. The van der Waals surface area contributed by atoms with Crippen LogP contribution in [-0.4, -0.2) is 47.7 Å². The number of fused-ring (bicyclic) bond motifs is 1. The van der Waals surface area contributed by atoms with Gasteiger partial charge >= 0.3 is 7.60 Å². The Morgan fingerprint density at radius 3 is 2.92 bits per heavy atom. The lowest BCUT2D eigenvalue weighted by Crippen LogP contribution is -2.25. The summed E-state index contributed by atoms with van der Waals surface area (Å²) in [6.07, 6.45) is -1.84. The van der Waals surface area contributed by atoms with Gasteiger partial charge < -0.3 is 24.8 Å². The van der Waals surface area contributed by atoms with Crippen LogP contribution in [0.15, 0.2) is 11.1 Å². The highest BCUT2D eigenvalue weighted by molar-refractivity contribution is 7.51. The van der Waals surface area contributed by atoms with Crippen LogP contribution in [0.5, 0.6) is 0 Å². The summed E-state index contributed by atoms with van der Waals surface area (Å²) in [7, 11) is -4.45. The minimum atomic E-state index is -4.45. The Morgan fingerprint density at radius 1 is 1.54 bits per heavy atom. The number of nitrogens with zero attached hydrogens (tertiary/aromatic N) is 3. The van der Waals surface area contributed by atoms with Crippen LogP contribution in [0, 0.1) is 0 Å². The molecule has 0 amide bonds. The lowest BCUT2D eigenvalue weighted by atomic mass is 10.2. The van der Waals surface area contributed by atoms with Crippen molar-refractivity contribution < 1.29 is 27.9 Å². The van der Waals surface area contributed by atoms with Gasteiger partial charge in [0.2, 0.25) is 5.95 Å². The number of imidazole rings is 1. The number of alkyl halides is 2. The summed E-state index contributed by atoms with van der Waals surface area (Å²) in [6, 6.07) is -1.42. The van der Waals surface area contributed by atoms with Crippen LogP contribution in [0.2, 0.25) is 0 Å². The maximum atomic E-state index is 14.3. The number of anilines is 1. The Hall–Kier alpha value is -1.88. The van der Waals surface area contributed by atoms with Gasteiger partial charge in [-0.15, -0.1) is 0 Å². The van der Waals surface area contributed by atoms with Gasteiger partial charge in [-0.1, -0.05) is 0 Å². The molecule has 0 bridgehead atoms. The molecule has 0 aromatic carbocycles. The predicted octanol–water partition coefficient (Wildman–Crippen LogP) is 0.192. The van der Waals surface area contributed by atoms with Crippen molar-refractivity contribution in [2.24, 2.45) is 0 Å². The number of aromatic amines is 1. The molecule has 0 unspecified atom stereocenters. The van der Waals surface area contributed by atoms with Crippen LogP contribution in [0.25, 0.3) is 11.2 Å². The summed E-state index contributed by atoms with van der Waals surface area (Å²) in [5.74, 6) is -3.46. The Kier molecular flexibility index (Phi) is 3.95. The smallest absolute Gasteiger partial charge is 0.350 e. The lowest BCUT2D eigenvalue weighted by molar-refractivity contribution is -0.0399. The number of nitrogen functional groups attached to an aromatic ring is 1. The first-order valence-corrected chi connectivity index (χ1v) is 8.63. The molecule has 2 heterocycles. The highest BCUT2D eigenvalue weighted by atomic mass is 31.2. The summed E-state index contributed by atoms with van der Waals surface area (Å²) in [5, 5.41) is 0. The zero-order valence-electron chi connectivity index (χ0n) is 12.1. The van der Waals surface area contributed by atoms with Gasteiger partial charge in [-0.2, -0.15) is 4.98 Å². The fourth-order valence-corrected chi connectivity index (χ4v) is 3.17. The number of nitrogens with one attached hydrogen (secondary N) is 1. The van der Waals surface area contributed by atoms with E-state index in [1.165, 1.54) is 0 Å². The first-order valence-electron chi connectivity index (χ1n) is 6.83. The van der Waals surface area contributed by atoms with E-state index in [0.29, 0.717) is 0 Å². The predicted molar refractivity (Wildman–Crippen MR) is 77.6 cm³/mol. The van der Waals surface area contributed by atoms with Crippen LogP contribution in [0.1, 0.15) is 18.9 Å². The second-order valence-corrected chi connectivity index (χ2v) is 7.16. The molecule has 1 saturated carbocycles. The lowest BCUT2D eigenvalue weighted by Gasteiger charge is -2.20. The Bertz CT molecular complexity index is 877. The van der Waals surface area contributed by atoms with E-state index in [-0.39, 0.29) is 23.5 Å². The van der Waals surface area contributed by atoms with Crippen molar-refractivity contribution in [2.45, 2.75) is 30.9 Å². The zero-order valence-corrected chi connectivity index (χ0v) is 13.0. The maximum absolute atomic E-state index is 14.3. The van der Waals surface area contributed by atoms with Crippen molar-refractivity contribution in [1.82, 2.24) is 19.5 Å². The fraction of sp³-hybridized carbons (Fsp3) is 0.545. The van der Waals surface area contributed by atoms with Gasteiger partial charge in [0.25, 0.3) is 11.5 Å². The summed E-state index contributed by atoms with van der Waals surface area (Å²) in [5.41, 5.74) is 4.58. The summed E-state index contributed by atoms with van der Waals surface area (Å²) >= 11 is 0. The summed E-state index contributed by atoms with van der Waals surface area (Å²) in [6.45, 7) is 0. The van der Waals surface area contributed by atoms with E-state index < -0.39 is 44.0 Å². The number of halogens is 2. The highest BCUT2D eigenvalue weighted by Crippen LogP contribution is 2.47. The zero-order chi connectivity index (χ0) is 17.7. The number of nitrogens with two attached hydrogens (primary N) is 1. The van der Waals surface area contributed by atoms with Crippen molar-refractivity contribution in [1.29, 1.82) is 0 Å². The molecule has 0 saturated heterocycles. The van der Waals surface area contributed by atoms with Crippen LogP contribution in [-0.2, 0) is 9.30 Å². The fourth-order valence-electron chi connectivity index (χ4n) is 2.76. The van der Waals surface area contributed by atoms with Gasteiger partial charge in [0.1, 0.15) is 12.4 Å². The summed E-state index contributed by atoms with van der Waals surface area (Å²) < 4.78 is 45.4. The van der Waals surface area contributed by atoms with E-state index in [1.807, 2.05) is 0 Å². The van der Waals surface area contributed by atoms with E-state index in [4.69, 9.17) is 20.3 Å². The molecular weight excluding hydrogens is 351 g/mol. The Balaban J connectivity index is 1.92. The molecule has 2 atom stereocenters. The quantitative estimate of drug-likeness (QED) is 0.560. The monoisotopic (exact) mass is 365 g/mol. The van der Waals surface area contributed by atoms with Crippen LogP contribution >= 0.6 is 7.60 Å². The molecule has 2 aromatic heterocycles. The molecule has 1 aliphatic rings. The SMILES string of the molecule is Nc1nc2c(ncn2[C@@H]2C[C@H](OCP(=O)(O)O)CC2(F)F)c(=O)[nH]1. The second kappa shape index (κ2) is 5.59. The van der Waals surface area contributed by atoms with Crippen LogP contribution in [0.4, 0.5) is 14.7 Å². The average molecular weight is 365 g/mol. The molecule has 5 N–H and O–H groups in total. The topological polar surface area (TPSA) is 156 Å². The van der Waals surface area contributed by atoms with E-state index in [2.05, 4.69) is 15.0 Å². The Labute approximate surface area is 132 Å². The van der Waals surface area contributed by atoms with Gasteiger partial charge in [0, 0.05) is 12.8 Å². The van der Waals surface area contributed by atoms with Crippen molar-refractivity contribution in [3.8, 4) is 0 Å². The molecule has 0 radical (unpaired) electrons. The van der Waals surface area contributed by atoms with Crippen molar-refractivity contribution in [3.63, 3.8) is 0 Å². The van der Waals surface area contributed by atoms with Crippen LogP contribution in [0.3, 0.4) is 0 Å². The normalized spacial score (nSPS) is 23.8. The minimum absolute atomic E-state index is 0.0865. The van der Waals surface area contributed by atoms with Crippen molar-refractivity contribution >= 4 is 24.7 Å². The third-order valence-electron chi connectivity index (χ3n) is 3.74. The Morgan fingerprint density at radius 2 is 2.25 bits per heavy atom. The van der Waals surface area contributed by atoms with Crippen molar-refractivity contribution in [2.75, 3.05) is 12.1 Å². The number of hydrogen-bond donors (Lipinski definition) is 4. The number of ether oxygens (including phenoxy) is 1. The molecular formula is C11H14F2N5O5P. The third-order valence-corrected chi connectivity index (χ3v) is 4.22. The van der Waals surface area contributed by atoms with Gasteiger partial charge in [0.15, 0.2) is 11.2 Å². The first-order chi connectivity index (χ1) is 11.1. The number of hydrogen-bond acceptors (Lipinski definition) is 6. The van der Waals surface area contributed by atoms with E-state index in [0.717, 1.165) is 10.9 Å². The minimum Gasteiger partial charge on any atom is -0.369 e. The van der Waals surface area contributed by atoms with E-state index in [9.17, 15) is 18.1 Å². The molecule has 132 valence electrons. The molecule has 0 spiro atoms. The number of rotatable bonds is 4. The molecule has 3 rings (SSSR count). The summed E-state index contributed by atoms with van der Waals surface area (Å²) in [4.78, 5) is 39.1. The largest absolute Gasteiger partial charge is 0.369 e. The van der Waals surface area contributed by atoms with Gasteiger partial charge in [-0.3, -0.25) is 14.3 Å². The van der Waals surface area contributed by atoms with Gasteiger partial charge in [-0.05, 0) is 0 Å². The molecule has 1 aliphatic carbocycles. The van der Waals surface area contributed by atoms with Gasteiger partial charge in [0.05, 0.1) is 12.4 Å². The molecule has 13 heteroatoms. The molecule has 10 nitrogen and oxygen atoms in total. The third kappa shape index (κ3) is 3.18. The van der Waals surface area contributed by atoms with Gasteiger partial charge in [-0.25, -0.2) is 13.8 Å². The number of aromatic nitrogens is 4. The molecule has 24 heavy (non-hydrogen) atoms. The average Bonchev–Trinajstić information content (AvgIpc) is 2.96. The number of H-pyrrole nitrogens is 1. The molecule has 2 aromatic rings. The van der Waals surface area contributed by atoms with Crippen LogP contribution < -0.4 is 11.3 Å². The highest BCUT2D eigenvalue weighted by Gasteiger charge is 2.51. The van der Waals surface area contributed by atoms with Crippen molar-refractivity contribution in [3.05, 3.63) is 16.7 Å². The second-order valence-electron chi connectivity index (χ2n) is 5.57.